The first-order valence-electron chi connectivity index (χ1n) is 12.0. The van der Waals surface area contributed by atoms with Crippen LogP contribution in [0.1, 0.15) is 18.4 Å². The number of sulfone groups is 1. The van der Waals surface area contributed by atoms with Gasteiger partial charge in [-0.1, -0.05) is 11.8 Å². The first kappa shape index (κ1) is 27.9. The third-order valence-corrected chi connectivity index (χ3v) is 7.55. The number of ether oxygens (including phenoxy) is 2. The Morgan fingerprint density at radius 3 is 2.55 bits per heavy atom. The van der Waals surface area contributed by atoms with Crippen molar-refractivity contribution in [3.05, 3.63) is 41.7 Å². The van der Waals surface area contributed by atoms with E-state index in [-0.39, 0.29) is 29.6 Å². The van der Waals surface area contributed by atoms with E-state index in [1.807, 2.05) is 0 Å². The molecule has 1 unspecified atom stereocenters. The van der Waals surface area contributed by atoms with Crippen LogP contribution in [0.15, 0.2) is 35.2 Å². The van der Waals surface area contributed by atoms with E-state index in [4.69, 9.17) is 9.47 Å². The Kier molecular flexibility index (Phi) is 8.28. The van der Waals surface area contributed by atoms with Gasteiger partial charge in [0, 0.05) is 54.9 Å². The number of hydrogen-bond acceptors (Lipinski definition) is 7. The van der Waals surface area contributed by atoms with E-state index in [2.05, 4.69) is 22.5 Å². The molecule has 0 amide bonds. The fourth-order valence-electron chi connectivity index (χ4n) is 4.63. The molecule has 2 aliphatic rings. The second kappa shape index (κ2) is 11.3. The lowest BCUT2D eigenvalue weighted by Gasteiger charge is -2.27. The largest absolute Gasteiger partial charge is 0.495 e. The molecule has 0 saturated carbocycles. The molecule has 2 aromatic rings. The zero-order chi connectivity index (χ0) is 27.5. The summed E-state index contributed by atoms with van der Waals surface area (Å²) in [6.07, 6.45) is -1.77. The topological polar surface area (TPSA) is 79.9 Å². The van der Waals surface area contributed by atoms with E-state index in [1.54, 1.807) is 0 Å². The molecule has 2 heterocycles. The van der Waals surface area contributed by atoms with Crippen LogP contribution in [0.3, 0.4) is 0 Å². The zero-order valence-electron chi connectivity index (χ0n) is 21.0. The van der Waals surface area contributed by atoms with Crippen molar-refractivity contribution in [1.82, 2.24) is 0 Å². The Balaban J connectivity index is 1.54. The van der Waals surface area contributed by atoms with Crippen molar-refractivity contribution in [3.8, 4) is 17.6 Å². The van der Waals surface area contributed by atoms with Gasteiger partial charge in [0.2, 0.25) is 0 Å². The highest BCUT2D eigenvalue weighted by atomic mass is 32.2. The summed E-state index contributed by atoms with van der Waals surface area (Å²) >= 11 is 0. The predicted octanol–water partition coefficient (Wildman–Crippen LogP) is 4.24. The summed E-state index contributed by atoms with van der Waals surface area (Å²) in [5.41, 5.74) is 1.76. The standard InChI is InChI=1S/C26H29F4N3O4S/c1-36-25-15-20(38(2,34)35)5-6-22(25)31-9-3-4-19-14-21-23(32-18-7-10-37-11-8-18)12-17(27)13-24(21)33(19)16-26(28,29)30/h5-6,12-13,15,18-19,31-32H,7-11,14,16H2,1-2H3. The molecule has 1 saturated heterocycles. The first-order chi connectivity index (χ1) is 17.9. The number of hydrogen-bond donors (Lipinski definition) is 2. The summed E-state index contributed by atoms with van der Waals surface area (Å²) in [5.74, 6) is 5.44. The molecule has 0 radical (unpaired) electrons. The maximum absolute atomic E-state index is 14.5. The van der Waals surface area contributed by atoms with Gasteiger partial charge in [-0.05, 0) is 37.1 Å². The van der Waals surface area contributed by atoms with E-state index in [1.165, 1.54) is 31.4 Å². The number of alkyl halides is 3. The fourth-order valence-corrected chi connectivity index (χ4v) is 5.27. The van der Waals surface area contributed by atoms with Gasteiger partial charge in [-0.15, -0.1) is 0 Å². The summed E-state index contributed by atoms with van der Waals surface area (Å²) in [4.78, 5) is 1.19. The van der Waals surface area contributed by atoms with Crippen LogP contribution in [0.4, 0.5) is 34.6 Å². The number of halogens is 4. The van der Waals surface area contributed by atoms with Crippen molar-refractivity contribution < 1.29 is 35.5 Å². The van der Waals surface area contributed by atoms with Gasteiger partial charge in [0.25, 0.3) is 0 Å². The lowest BCUT2D eigenvalue weighted by atomic mass is 10.0. The molecule has 1 atom stereocenters. The van der Waals surface area contributed by atoms with Crippen molar-refractivity contribution in [2.45, 2.75) is 42.4 Å². The highest BCUT2D eigenvalue weighted by Crippen LogP contribution is 2.40. The highest BCUT2D eigenvalue weighted by Gasteiger charge is 2.39. The van der Waals surface area contributed by atoms with Crippen molar-refractivity contribution >= 4 is 26.9 Å². The molecule has 2 aromatic carbocycles. The normalized spacial score (nSPS) is 17.9. The third kappa shape index (κ3) is 6.82. The Labute approximate surface area is 219 Å². The quantitative estimate of drug-likeness (QED) is 0.391. The van der Waals surface area contributed by atoms with Crippen LogP contribution in [0.5, 0.6) is 5.75 Å². The maximum Gasteiger partial charge on any atom is 0.405 e. The minimum Gasteiger partial charge on any atom is -0.495 e. The van der Waals surface area contributed by atoms with Gasteiger partial charge in [0.05, 0.1) is 30.3 Å². The average Bonchev–Trinajstić information content (AvgIpc) is 3.17. The van der Waals surface area contributed by atoms with Gasteiger partial charge in [-0.2, -0.15) is 13.2 Å². The zero-order valence-corrected chi connectivity index (χ0v) is 21.8. The smallest absolute Gasteiger partial charge is 0.405 e. The second-order valence-electron chi connectivity index (χ2n) is 9.25. The number of anilines is 3. The van der Waals surface area contributed by atoms with Crippen LogP contribution >= 0.6 is 0 Å². The van der Waals surface area contributed by atoms with E-state index in [0.717, 1.165) is 30.1 Å². The Morgan fingerprint density at radius 2 is 1.89 bits per heavy atom. The van der Waals surface area contributed by atoms with Crippen molar-refractivity contribution in [2.24, 2.45) is 0 Å². The van der Waals surface area contributed by atoms with Gasteiger partial charge in [-0.3, -0.25) is 0 Å². The molecule has 0 aliphatic carbocycles. The maximum atomic E-state index is 14.5. The fraction of sp³-hybridized carbons (Fsp3) is 0.462. The summed E-state index contributed by atoms with van der Waals surface area (Å²) < 4.78 is 89.1. The summed E-state index contributed by atoms with van der Waals surface area (Å²) in [6, 6.07) is 6.03. The molecule has 1 fully saturated rings. The minimum absolute atomic E-state index is 0.0455. The monoisotopic (exact) mass is 555 g/mol. The summed E-state index contributed by atoms with van der Waals surface area (Å²) in [7, 11) is -2.03. The minimum atomic E-state index is -4.50. The Bertz CT molecular complexity index is 1330. The van der Waals surface area contributed by atoms with Crippen molar-refractivity contribution in [3.63, 3.8) is 0 Å². The number of methoxy groups -OCH3 is 1. The molecular weight excluding hydrogens is 526 g/mol. The van der Waals surface area contributed by atoms with Crippen LogP contribution in [0.2, 0.25) is 0 Å². The van der Waals surface area contributed by atoms with E-state index in [0.29, 0.717) is 35.9 Å². The summed E-state index contributed by atoms with van der Waals surface area (Å²) in [6.45, 7) is -0.0486. The molecule has 7 nitrogen and oxygen atoms in total. The van der Waals surface area contributed by atoms with Crippen LogP contribution in [0, 0.1) is 17.7 Å². The van der Waals surface area contributed by atoms with Gasteiger partial charge in [0.1, 0.15) is 18.1 Å². The first-order valence-corrected chi connectivity index (χ1v) is 13.9. The lowest BCUT2D eigenvalue weighted by molar-refractivity contribution is -0.120. The number of fused-ring (bicyclic) bond motifs is 1. The number of nitrogens with zero attached hydrogens (tertiary/aromatic N) is 1. The number of rotatable bonds is 7. The SMILES string of the molecule is COc1cc(S(C)(=O)=O)ccc1NCC#CC1Cc2c(NC3CCOCC3)cc(F)cc2N1CC(F)(F)F. The number of benzene rings is 2. The van der Waals surface area contributed by atoms with Crippen LogP contribution in [-0.2, 0) is 21.0 Å². The van der Waals surface area contributed by atoms with Gasteiger partial charge < -0.3 is 25.0 Å². The molecular formula is C26H29F4N3O4S. The molecule has 0 spiro atoms. The molecule has 2 aliphatic heterocycles. The third-order valence-electron chi connectivity index (χ3n) is 6.44. The molecule has 12 heteroatoms. The lowest BCUT2D eigenvalue weighted by Crippen LogP contribution is -2.39. The predicted molar refractivity (Wildman–Crippen MR) is 137 cm³/mol. The Hall–Kier alpha value is -3.17. The van der Waals surface area contributed by atoms with Gasteiger partial charge >= 0.3 is 6.18 Å². The van der Waals surface area contributed by atoms with Gasteiger partial charge in [-0.25, -0.2) is 12.8 Å². The summed E-state index contributed by atoms with van der Waals surface area (Å²) in [5, 5.41) is 6.30. The van der Waals surface area contributed by atoms with Crippen LogP contribution in [-0.4, -0.2) is 66.3 Å². The molecule has 2 N–H and O–H groups in total. The van der Waals surface area contributed by atoms with E-state index >= 15 is 0 Å². The van der Waals surface area contributed by atoms with Gasteiger partial charge in [0.15, 0.2) is 9.84 Å². The molecule has 38 heavy (non-hydrogen) atoms. The van der Waals surface area contributed by atoms with E-state index < -0.39 is 34.4 Å². The van der Waals surface area contributed by atoms with E-state index in [9.17, 15) is 26.0 Å². The molecule has 0 bridgehead atoms. The number of nitrogens with one attached hydrogen (secondary N) is 2. The molecule has 4 rings (SSSR count). The molecule has 206 valence electrons. The van der Waals surface area contributed by atoms with Crippen molar-refractivity contribution in [2.75, 3.05) is 55.2 Å². The molecule has 0 aromatic heterocycles. The highest BCUT2D eigenvalue weighted by molar-refractivity contribution is 7.90. The second-order valence-corrected chi connectivity index (χ2v) is 11.3. The van der Waals surface area contributed by atoms with Crippen LogP contribution < -0.4 is 20.3 Å². The van der Waals surface area contributed by atoms with Crippen LogP contribution in [0.25, 0.3) is 0 Å². The van der Waals surface area contributed by atoms with Crippen molar-refractivity contribution in [1.29, 1.82) is 0 Å². The Morgan fingerprint density at radius 1 is 1.16 bits per heavy atom. The average molecular weight is 556 g/mol.